The zero-order chi connectivity index (χ0) is 13.0. The number of carboxylic acid groups (broad SMARTS) is 1. The molecule has 96 valence electrons. The highest BCUT2D eigenvalue weighted by Crippen LogP contribution is 2.26. The Morgan fingerprint density at radius 1 is 1.56 bits per heavy atom. The Kier molecular flexibility index (Phi) is 4.43. The molecule has 1 aromatic carbocycles. The largest absolute Gasteiger partial charge is 0.480 e. The molecule has 18 heavy (non-hydrogen) atoms. The summed E-state index contributed by atoms with van der Waals surface area (Å²) in [7, 11) is 0. The van der Waals surface area contributed by atoms with E-state index in [4.69, 9.17) is 5.11 Å². The van der Waals surface area contributed by atoms with Crippen LogP contribution in [-0.2, 0) is 4.79 Å². The van der Waals surface area contributed by atoms with E-state index in [-0.39, 0.29) is 0 Å². The predicted octanol–water partition coefficient (Wildman–Crippen LogP) is 2.91. The summed E-state index contributed by atoms with van der Waals surface area (Å²) in [4.78, 5) is 15.5. The summed E-state index contributed by atoms with van der Waals surface area (Å²) in [6.45, 7) is 0. The molecule has 0 saturated carbocycles. The number of benzene rings is 1. The number of hydrogen-bond acceptors (Lipinski definition) is 5. The van der Waals surface area contributed by atoms with E-state index >= 15 is 0 Å². The number of hydrogen-bond donors (Lipinski definition) is 2. The number of thioether (sulfide) groups is 1. The summed E-state index contributed by atoms with van der Waals surface area (Å²) in [6.07, 6.45) is 2.56. The van der Waals surface area contributed by atoms with Crippen LogP contribution in [-0.4, -0.2) is 34.1 Å². The number of carbonyl (C=O) groups is 1. The molecule has 0 aliphatic rings. The molecule has 0 aliphatic heterocycles. The van der Waals surface area contributed by atoms with E-state index in [1.165, 1.54) is 11.3 Å². The van der Waals surface area contributed by atoms with Crippen LogP contribution >= 0.6 is 23.1 Å². The minimum Gasteiger partial charge on any atom is -0.480 e. The van der Waals surface area contributed by atoms with Crippen molar-refractivity contribution in [2.45, 2.75) is 12.5 Å². The fourth-order valence-corrected chi connectivity index (χ4v) is 2.97. The van der Waals surface area contributed by atoms with Gasteiger partial charge in [0.25, 0.3) is 0 Å². The Labute approximate surface area is 113 Å². The number of carboxylic acids is 1. The second-order valence-corrected chi connectivity index (χ2v) is 5.82. The van der Waals surface area contributed by atoms with Crippen molar-refractivity contribution in [1.29, 1.82) is 0 Å². The van der Waals surface area contributed by atoms with E-state index in [1.54, 1.807) is 11.8 Å². The van der Waals surface area contributed by atoms with Gasteiger partial charge in [-0.05, 0) is 30.6 Å². The van der Waals surface area contributed by atoms with Crippen LogP contribution in [0.15, 0.2) is 24.3 Å². The van der Waals surface area contributed by atoms with E-state index in [2.05, 4.69) is 10.3 Å². The fraction of sp³-hybridized carbons (Fsp3) is 0.333. The molecule has 2 rings (SSSR count). The number of nitrogens with zero attached hydrogens (tertiary/aromatic N) is 1. The van der Waals surface area contributed by atoms with Crippen LogP contribution in [0.25, 0.3) is 10.2 Å². The van der Waals surface area contributed by atoms with Crippen LogP contribution in [0.2, 0.25) is 0 Å². The summed E-state index contributed by atoms with van der Waals surface area (Å²) in [5.74, 6) is -0.0159. The lowest BCUT2D eigenvalue weighted by Crippen LogP contribution is -2.29. The molecule has 1 atom stereocenters. The maximum absolute atomic E-state index is 11.1. The molecule has 2 N–H and O–H groups in total. The number of rotatable bonds is 6. The van der Waals surface area contributed by atoms with Crippen molar-refractivity contribution < 1.29 is 9.90 Å². The molecule has 0 unspecified atom stereocenters. The Morgan fingerprint density at radius 3 is 3.00 bits per heavy atom. The van der Waals surface area contributed by atoms with E-state index in [0.29, 0.717) is 11.6 Å². The van der Waals surface area contributed by atoms with Gasteiger partial charge >= 0.3 is 5.97 Å². The molecule has 1 aromatic heterocycles. The molecule has 1 heterocycles. The molecule has 6 heteroatoms. The molecule has 0 amide bonds. The van der Waals surface area contributed by atoms with Gasteiger partial charge in [0.1, 0.15) is 6.04 Å². The minimum atomic E-state index is -0.830. The van der Waals surface area contributed by atoms with Gasteiger partial charge in [-0.2, -0.15) is 11.8 Å². The third kappa shape index (κ3) is 3.14. The zero-order valence-corrected chi connectivity index (χ0v) is 11.6. The van der Waals surface area contributed by atoms with Crippen molar-refractivity contribution in [3.63, 3.8) is 0 Å². The smallest absolute Gasteiger partial charge is 0.326 e. The summed E-state index contributed by atoms with van der Waals surface area (Å²) in [5, 5.41) is 12.8. The van der Waals surface area contributed by atoms with Crippen LogP contribution < -0.4 is 5.32 Å². The quantitative estimate of drug-likeness (QED) is 0.853. The fourth-order valence-electron chi connectivity index (χ4n) is 1.58. The number of nitrogens with one attached hydrogen (secondary N) is 1. The monoisotopic (exact) mass is 282 g/mol. The number of aliphatic carboxylic acids is 1. The van der Waals surface area contributed by atoms with Gasteiger partial charge in [0.2, 0.25) is 0 Å². The molecule has 0 aliphatic carbocycles. The number of para-hydroxylation sites is 1. The number of fused-ring (bicyclic) bond motifs is 1. The van der Waals surface area contributed by atoms with Crippen LogP contribution in [0, 0.1) is 0 Å². The minimum absolute atomic E-state index is 0.571. The van der Waals surface area contributed by atoms with E-state index < -0.39 is 12.0 Å². The first kappa shape index (κ1) is 13.2. The highest BCUT2D eigenvalue weighted by Gasteiger charge is 2.18. The molecule has 2 aromatic rings. The molecule has 0 radical (unpaired) electrons. The van der Waals surface area contributed by atoms with Crippen molar-refractivity contribution >= 4 is 44.4 Å². The summed E-state index contributed by atoms with van der Waals surface area (Å²) in [5.41, 5.74) is 0.902. The summed E-state index contributed by atoms with van der Waals surface area (Å²) in [6, 6.07) is 7.21. The zero-order valence-electron chi connectivity index (χ0n) is 9.92. The van der Waals surface area contributed by atoms with Crippen LogP contribution in [0.4, 0.5) is 5.13 Å². The van der Waals surface area contributed by atoms with Crippen LogP contribution in [0.5, 0.6) is 0 Å². The normalized spacial score (nSPS) is 12.5. The SMILES string of the molecule is CSCC[C@@H](Nc1nc2ccccc2s1)C(=O)O. The lowest BCUT2D eigenvalue weighted by Gasteiger charge is -2.12. The Hall–Kier alpha value is -1.27. The lowest BCUT2D eigenvalue weighted by atomic mass is 10.2. The predicted molar refractivity (Wildman–Crippen MR) is 77.7 cm³/mol. The van der Waals surface area contributed by atoms with E-state index in [0.717, 1.165) is 16.0 Å². The first-order valence-corrected chi connectivity index (χ1v) is 7.75. The van der Waals surface area contributed by atoms with E-state index in [1.807, 2.05) is 30.5 Å². The Morgan fingerprint density at radius 2 is 2.33 bits per heavy atom. The first-order valence-electron chi connectivity index (χ1n) is 5.54. The second-order valence-electron chi connectivity index (χ2n) is 3.80. The standard InChI is InChI=1S/C12H14N2O2S2/c1-17-7-6-9(11(15)16)14-12-13-8-4-2-3-5-10(8)18-12/h2-5,9H,6-7H2,1H3,(H,13,14)(H,15,16)/t9-/m1/s1. The van der Waals surface area contributed by atoms with Gasteiger partial charge < -0.3 is 10.4 Å². The molecular formula is C12H14N2O2S2. The lowest BCUT2D eigenvalue weighted by molar-refractivity contribution is -0.137. The number of thiazole rings is 1. The summed E-state index contributed by atoms with van der Waals surface area (Å²) < 4.78 is 1.06. The van der Waals surface area contributed by atoms with Gasteiger partial charge in [-0.1, -0.05) is 23.5 Å². The summed E-state index contributed by atoms with van der Waals surface area (Å²) >= 11 is 3.13. The molecule has 0 spiro atoms. The van der Waals surface area contributed by atoms with Crippen molar-refractivity contribution in [3.05, 3.63) is 24.3 Å². The highest BCUT2D eigenvalue weighted by atomic mass is 32.2. The molecule has 0 bridgehead atoms. The van der Waals surface area contributed by atoms with Crippen LogP contribution in [0.3, 0.4) is 0 Å². The molecule has 0 fully saturated rings. The number of anilines is 1. The van der Waals surface area contributed by atoms with Crippen LogP contribution in [0.1, 0.15) is 6.42 Å². The topological polar surface area (TPSA) is 62.2 Å². The average Bonchev–Trinajstić information content (AvgIpc) is 2.76. The van der Waals surface area contributed by atoms with Gasteiger partial charge in [-0.15, -0.1) is 0 Å². The van der Waals surface area contributed by atoms with Gasteiger partial charge in [0, 0.05) is 0 Å². The van der Waals surface area contributed by atoms with Crippen molar-refractivity contribution in [3.8, 4) is 0 Å². The van der Waals surface area contributed by atoms with Crippen molar-refractivity contribution in [2.24, 2.45) is 0 Å². The molecule has 0 saturated heterocycles. The maximum Gasteiger partial charge on any atom is 0.326 e. The maximum atomic E-state index is 11.1. The van der Waals surface area contributed by atoms with Gasteiger partial charge in [0.15, 0.2) is 5.13 Å². The first-order chi connectivity index (χ1) is 8.70. The third-order valence-corrected chi connectivity index (χ3v) is 4.11. The molecule has 4 nitrogen and oxygen atoms in total. The van der Waals surface area contributed by atoms with Crippen molar-refractivity contribution in [2.75, 3.05) is 17.3 Å². The third-order valence-electron chi connectivity index (χ3n) is 2.50. The Balaban J connectivity index is 2.12. The average molecular weight is 282 g/mol. The molecular weight excluding hydrogens is 268 g/mol. The van der Waals surface area contributed by atoms with Gasteiger partial charge in [0.05, 0.1) is 10.2 Å². The number of aromatic nitrogens is 1. The highest BCUT2D eigenvalue weighted by molar-refractivity contribution is 7.98. The van der Waals surface area contributed by atoms with E-state index in [9.17, 15) is 4.79 Å². The van der Waals surface area contributed by atoms with Gasteiger partial charge in [-0.25, -0.2) is 9.78 Å². The van der Waals surface area contributed by atoms with Crippen molar-refractivity contribution in [1.82, 2.24) is 4.98 Å². The second kappa shape index (κ2) is 6.06. The Bertz CT molecular complexity index is 509. The van der Waals surface area contributed by atoms with Gasteiger partial charge in [-0.3, -0.25) is 0 Å².